The van der Waals surface area contributed by atoms with Gasteiger partial charge in [-0.15, -0.1) is 0 Å². The van der Waals surface area contributed by atoms with E-state index >= 15 is 0 Å². The summed E-state index contributed by atoms with van der Waals surface area (Å²) >= 11 is 5.71. The lowest BCUT2D eigenvalue weighted by Gasteiger charge is -1.95. The van der Waals surface area contributed by atoms with E-state index in [2.05, 4.69) is 15.0 Å². The topological polar surface area (TPSA) is 95.6 Å². The summed E-state index contributed by atoms with van der Waals surface area (Å²) in [6, 6.07) is 0. The summed E-state index contributed by atoms with van der Waals surface area (Å²) in [6.45, 7) is 0. The lowest BCUT2D eigenvalue weighted by atomic mass is 10.5. The van der Waals surface area contributed by atoms with E-state index in [-0.39, 0.29) is 11.1 Å². The zero-order valence-electron chi connectivity index (χ0n) is 5.90. The molecule has 2 rings (SSSR count). The number of nitrogen functional groups attached to an aromatic ring is 2. The molecule has 2 aromatic heterocycles. The van der Waals surface area contributed by atoms with Crippen LogP contribution in [-0.2, 0) is 0 Å². The molecule has 12 heavy (non-hydrogen) atoms. The van der Waals surface area contributed by atoms with Crippen molar-refractivity contribution in [1.82, 2.24) is 19.6 Å². The molecule has 0 aliphatic heterocycles. The third kappa shape index (κ3) is 0.850. The van der Waals surface area contributed by atoms with E-state index in [0.717, 1.165) is 0 Å². The molecule has 0 unspecified atom stereocenters. The molecule has 0 aliphatic carbocycles. The van der Waals surface area contributed by atoms with Gasteiger partial charge in [-0.3, -0.25) is 0 Å². The summed E-state index contributed by atoms with van der Waals surface area (Å²) in [6.07, 6.45) is 1.39. The van der Waals surface area contributed by atoms with Crippen molar-refractivity contribution in [3.8, 4) is 0 Å². The molecule has 0 spiro atoms. The highest BCUT2D eigenvalue weighted by Gasteiger charge is 2.08. The number of rotatable bonds is 0. The van der Waals surface area contributed by atoms with Crippen LogP contribution in [0, 0.1) is 0 Å². The number of halogens is 1. The second-order valence-corrected chi connectivity index (χ2v) is 2.55. The zero-order chi connectivity index (χ0) is 8.72. The lowest BCUT2D eigenvalue weighted by molar-refractivity contribution is 1.01. The van der Waals surface area contributed by atoms with Gasteiger partial charge >= 0.3 is 0 Å². The minimum absolute atomic E-state index is 0.0831. The largest absolute Gasteiger partial charge is 0.368 e. The van der Waals surface area contributed by atoms with E-state index in [9.17, 15) is 0 Å². The van der Waals surface area contributed by atoms with Crippen LogP contribution < -0.4 is 11.6 Å². The first-order chi connectivity index (χ1) is 5.68. The summed E-state index contributed by atoms with van der Waals surface area (Å²) in [7, 11) is 0. The van der Waals surface area contributed by atoms with Crippen molar-refractivity contribution < 1.29 is 0 Å². The monoisotopic (exact) mass is 184 g/mol. The molecule has 2 aromatic rings. The Hall–Kier alpha value is -1.56. The highest BCUT2D eigenvalue weighted by molar-refractivity contribution is 6.33. The van der Waals surface area contributed by atoms with Crippen LogP contribution in [0.2, 0.25) is 5.15 Å². The predicted octanol–water partition coefficient (Wildman–Crippen LogP) is -0.224. The number of nitrogens with zero attached hydrogens (tertiary/aromatic N) is 4. The highest BCUT2D eigenvalue weighted by Crippen LogP contribution is 2.17. The minimum Gasteiger partial charge on any atom is -0.368 e. The normalized spacial score (nSPS) is 10.8. The Bertz CT molecular complexity index is 435. The van der Waals surface area contributed by atoms with E-state index in [1.54, 1.807) is 0 Å². The first kappa shape index (κ1) is 7.11. The quantitative estimate of drug-likeness (QED) is 0.436. The molecule has 0 amide bonds. The molecular formula is C5H5ClN6. The van der Waals surface area contributed by atoms with Crippen LogP contribution in [0.5, 0.6) is 0 Å². The number of fused-ring (bicyclic) bond motifs is 1. The number of nitrogens with two attached hydrogens (primary N) is 2. The maximum absolute atomic E-state index is 5.71. The Kier molecular flexibility index (Phi) is 1.31. The summed E-state index contributed by atoms with van der Waals surface area (Å²) in [4.78, 5) is 11.5. The van der Waals surface area contributed by atoms with E-state index < -0.39 is 0 Å². The van der Waals surface area contributed by atoms with Gasteiger partial charge in [-0.05, 0) is 0 Å². The summed E-state index contributed by atoms with van der Waals surface area (Å²) in [5.41, 5.74) is 6.23. The molecule has 6 nitrogen and oxygen atoms in total. The third-order valence-electron chi connectivity index (χ3n) is 1.40. The van der Waals surface area contributed by atoms with Crippen molar-refractivity contribution in [3.05, 3.63) is 11.5 Å². The van der Waals surface area contributed by atoms with Crippen molar-refractivity contribution >= 4 is 28.7 Å². The molecular weight excluding hydrogens is 180 g/mol. The second kappa shape index (κ2) is 2.21. The maximum Gasteiger partial charge on any atom is 0.223 e. The van der Waals surface area contributed by atoms with E-state index in [1.165, 1.54) is 11.0 Å². The van der Waals surface area contributed by atoms with Crippen molar-refractivity contribution in [2.45, 2.75) is 0 Å². The molecule has 2 heterocycles. The molecule has 0 saturated heterocycles. The SMILES string of the molecule is Nc1nc(Cl)c2ncn(N)c2n1. The number of imidazole rings is 1. The van der Waals surface area contributed by atoms with Gasteiger partial charge in [-0.25, -0.2) is 9.66 Å². The fraction of sp³-hybridized carbons (Fsp3) is 0. The Morgan fingerprint density at radius 3 is 2.92 bits per heavy atom. The Balaban J connectivity index is 2.92. The number of anilines is 1. The van der Waals surface area contributed by atoms with Crippen LogP contribution in [0.15, 0.2) is 6.33 Å². The van der Waals surface area contributed by atoms with Crippen LogP contribution in [-0.4, -0.2) is 19.6 Å². The van der Waals surface area contributed by atoms with Crippen molar-refractivity contribution in [1.29, 1.82) is 0 Å². The molecule has 62 valence electrons. The van der Waals surface area contributed by atoms with Gasteiger partial charge in [-0.1, -0.05) is 11.6 Å². The molecule has 0 saturated carbocycles. The number of hydrogen-bond acceptors (Lipinski definition) is 5. The molecule has 7 heteroatoms. The van der Waals surface area contributed by atoms with Gasteiger partial charge < -0.3 is 11.6 Å². The highest BCUT2D eigenvalue weighted by atomic mass is 35.5. The Morgan fingerprint density at radius 2 is 2.17 bits per heavy atom. The van der Waals surface area contributed by atoms with Gasteiger partial charge in [0.05, 0.1) is 0 Å². The predicted molar refractivity (Wildman–Crippen MR) is 44.9 cm³/mol. The standard InChI is InChI=1S/C5H5ClN6/c6-3-2-4(11-5(7)10-3)12(8)1-9-2/h1H,8H2,(H2,7,10,11). The molecule has 4 N–H and O–H groups in total. The van der Waals surface area contributed by atoms with E-state index in [4.69, 9.17) is 23.2 Å². The third-order valence-corrected chi connectivity index (χ3v) is 1.66. The lowest BCUT2D eigenvalue weighted by Crippen LogP contribution is -2.07. The molecule has 0 aromatic carbocycles. The smallest absolute Gasteiger partial charge is 0.223 e. The Labute approximate surface area is 72.1 Å². The summed E-state index contributed by atoms with van der Waals surface area (Å²) < 4.78 is 1.24. The van der Waals surface area contributed by atoms with Gasteiger partial charge in [0.2, 0.25) is 5.95 Å². The van der Waals surface area contributed by atoms with Crippen LogP contribution in [0.4, 0.5) is 5.95 Å². The average Bonchev–Trinajstić information content (AvgIpc) is 2.33. The fourth-order valence-corrected chi connectivity index (χ4v) is 1.12. The van der Waals surface area contributed by atoms with Gasteiger partial charge in [0.25, 0.3) is 0 Å². The first-order valence-electron chi connectivity index (χ1n) is 3.09. The first-order valence-corrected chi connectivity index (χ1v) is 3.47. The Morgan fingerprint density at radius 1 is 1.42 bits per heavy atom. The average molecular weight is 185 g/mol. The minimum atomic E-state index is 0.0831. The number of aromatic nitrogens is 4. The van der Waals surface area contributed by atoms with E-state index in [1.807, 2.05) is 0 Å². The van der Waals surface area contributed by atoms with Gasteiger partial charge in [-0.2, -0.15) is 9.97 Å². The summed E-state index contributed by atoms with van der Waals surface area (Å²) in [5.74, 6) is 5.55. The van der Waals surface area contributed by atoms with Gasteiger partial charge in [0.15, 0.2) is 10.8 Å². The summed E-state index contributed by atoms with van der Waals surface area (Å²) in [5, 5.41) is 0.210. The van der Waals surface area contributed by atoms with Gasteiger partial charge in [0, 0.05) is 0 Å². The molecule has 0 bridgehead atoms. The van der Waals surface area contributed by atoms with E-state index in [0.29, 0.717) is 11.2 Å². The number of hydrogen-bond donors (Lipinski definition) is 2. The maximum atomic E-state index is 5.71. The zero-order valence-corrected chi connectivity index (χ0v) is 6.65. The molecule has 0 radical (unpaired) electrons. The van der Waals surface area contributed by atoms with Crippen LogP contribution in [0.25, 0.3) is 11.2 Å². The van der Waals surface area contributed by atoms with Crippen molar-refractivity contribution in [2.24, 2.45) is 0 Å². The van der Waals surface area contributed by atoms with Gasteiger partial charge in [0.1, 0.15) is 11.8 Å². The van der Waals surface area contributed by atoms with Crippen molar-refractivity contribution in [3.63, 3.8) is 0 Å². The second-order valence-electron chi connectivity index (χ2n) is 2.20. The molecule has 0 aliphatic rings. The van der Waals surface area contributed by atoms with Crippen LogP contribution >= 0.6 is 11.6 Å². The van der Waals surface area contributed by atoms with Crippen molar-refractivity contribution in [2.75, 3.05) is 11.6 Å². The molecule has 0 fully saturated rings. The van der Waals surface area contributed by atoms with Crippen LogP contribution in [0.1, 0.15) is 0 Å². The molecule has 0 atom stereocenters. The fourth-order valence-electron chi connectivity index (χ4n) is 0.898. The van der Waals surface area contributed by atoms with Crippen LogP contribution in [0.3, 0.4) is 0 Å².